The van der Waals surface area contributed by atoms with Crippen LogP contribution in [0.15, 0.2) is 47.4 Å². The third kappa shape index (κ3) is 4.33. The fraction of sp³-hybridized carbons (Fsp3) is 0.409. The maximum Gasteiger partial charge on any atom is 0.243 e. The van der Waals surface area contributed by atoms with E-state index >= 15 is 0 Å². The quantitative estimate of drug-likeness (QED) is 0.677. The van der Waals surface area contributed by atoms with Gasteiger partial charge in [0, 0.05) is 26.2 Å². The van der Waals surface area contributed by atoms with Gasteiger partial charge in [-0.25, -0.2) is 8.42 Å². The summed E-state index contributed by atoms with van der Waals surface area (Å²) in [5, 5.41) is 0. The van der Waals surface area contributed by atoms with Crippen molar-refractivity contribution in [3.8, 4) is 17.2 Å². The molecule has 1 amide bonds. The Hall–Kier alpha value is -2.78. The summed E-state index contributed by atoms with van der Waals surface area (Å²) in [7, 11) is -0.555. The molecule has 9 heteroatoms. The average molecular weight is 447 g/mol. The first-order valence-electron chi connectivity index (χ1n) is 10.2. The molecule has 8 nitrogen and oxygen atoms in total. The standard InChI is InChI=1S/C22H26N2O6S/c1-23(15-16-5-7-17(28-2)8-6-16)22(25)19-4-3-11-24(19)31(26,27)18-9-10-20-21(14-18)30-13-12-29-20/h5-10,14,19H,3-4,11-13,15H2,1-2H3. The topological polar surface area (TPSA) is 85.4 Å². The van der Waals surface area contributed by atoms with Crippen molar-refractivity contribution in [3.05, 3.63) is 48.0 Å². The Morgan fingerprint density at radius 2 is 1.84 bits per heavy atom. The van der Waals surface area contributed by atoms with E-state index in [1.807, 2.05) is 24.3 Å². The van der Waals surface area contributed by atoms with Crippen molar-refractivity contribution in [2.45, 2.75) is 30.3 Å². The van der Waals surface area contributed by atoms with Gasteiger partial charge in [0.25, 0.3) is 0 Å². The molecule has 166 valence electrons. The molecule has 0 bridgehead atoms. The summed E-state index contributed by atoms with van der Waals surface area (Å²) < 4.78 is 44.1. The van der Waals surface area contributed by atoms with Gasteiger partial charge >= 0.3 is 0 Å². The van der Waals surface area contributed by atoms with Crippen LogP contribution in [0, 0.1) is 0 Å². The summed E-state index contributed by atoms with van der Waals surface area (Å²) in [6.45, 7) is 1.50. The third-order valence-corrected chi connectivity index (χ3v) is 7.47. The first-order valence-corrected chi connectivity index (χ1v) is 11.6. The molecular formula is C22H26N2O6S. The number of benzene rings is 2. The average Bonchev–Trinajstić information content (AvgIpc) is 3.29. The zero-order valence-corrected chi connectivity index (χ0v) is 18.4. The molecule has 1 unspecified atom stereocenters. The SMILES string of the molecule is COc1ccc(CN(C)C(=O)C2CCCN2S(=O)(=O)c2ccc3c(c2)OCCO3)cc1. The molecule has 2 aliphatic rings. The van der Waals surface area contributed by atoms with Crippen LogP contribution in [-0.2, 0) is 21.4 Å². The van der Waals surface area contributed by atoms with Gasteiger partial charge in [-0.15, -0.1) is 0 Å². The van der Waals surface area contributed by atoms with Gasteiger partial charge < -0.3 is 19.1 Å². The summed E-state index contributed by atoms with van der Waals surface area (Å²) in [5.74, 6) is 1.46. The van der Waals surface area contributed by atoms with Crippen LogP contribution in [0.4, 0.5) is 0 Å². The Balaban J connectivity index is 1.51. The van der Waals surface area contributed by atoms with Crippen LogP contribution in [0.3, 0.4) is 0 Å². The van der Waals surface area contributed by atoms with Crippen LogP contribution in [0.2, 0.25) is 0 Å². The molecule has 2 aliphatic heterocycles. The van der Waals surface area contributed by atoms with Crippen molar-refractivity contribution < 1.29 is 27.4 Å². The second-order valence-electron chi connectivity index (χ2n) is 7.62. The van der Waals surface area contributed by atoms with Crippen LogP contribution in [-0.4, -0.2) is 63.5 Å². The highest BCUT2D eigenvalue weighted by Crippen LogP contribution is 2.35. The molecule has 0 radical (unpaired) electrons. The highest BCUT2D eigenvalue weighted by atomic mass is 32.2. The number of amides is 1. The van der Waals surface area contributed by atoms with E-state index in [1.165, 1.54) is 16.4 Å². The Labute approximate surface area is 182 Å². The zero-order chi connectivity index (χ0) is 22.0. The smallest absolute Gasteiger partial charge is 0.243 e. The van der Waals surface area contributed by atoms with E-state index < -0.39 is 16.1 Å². The second kappa shape index (κ2) is 8.76. The lowest BCUT2D eigenvalue weighted by atomic mass is 10.1. The Kier molecular flexibility index (Phi) is 6.06. The lowest BCUT2D eigenvalue weighted by Gasteiger charge is -2.28. The van der Waals surface area contributed by atoms with E-state index in [1.54, 1.807) is 25.1 Å². The van der Waals surface area contributed by atoms with Crippen LogP contribution >= 0.6 is 0 Å². The van der Waals surface area contributed by atoms with Crippen molar-refractivity contribution in [3.63, 3.8) is 0 Å². The number of carbonyl (C=O) groups excluding carboxylic acids is 1. The van der Waals surface area contributed by atoms with E-state index in [0.29, 0.717) is 50.6 Å². The molecule has 4 rings (SSSR count). The number of rotatable bonds is 6. The third-order valence-electron chi connectivity index (χ3n) is 5.56. The van der Waals surface area contributed by atoms with E-state index in [2.05, 4.69) is 0 Å². The molecule has 2 aromatic rings. The highest BCUT2D eigenvalue weighted by molar-refractivity contribution is 7.89. The molecule has 1 saturated heterocycles. The molecule has 0 aliphatic carbocycles. The van der Waals surface area contributed by atoms with Crippen molar-refractivity contribution >= 4 is 15.9 Å². The summed E-state index contributed by atoms with van der Waals surface area (Å²) in [6, 6.07) is 11.3. The van der Waals surface area contributed by atoms with Crippen molar-refractivity contribution in [1.29, 1.82) is 0 Å². The van der Waals surface area contributed by atoms with Crippen molar-refractivity contribution in [1.82, 2.24) is 9.21 Å². The summed E-state index contributed by atoms with van der Waals surface area (Å²) in [4.78, 5) is 14.8. The van der Waals surface area contributed by atoms with Crippen LogP contribution in [0.25, 0.3) is 0 Å². The van der Waals surface area contributed by atoms with Gasteiger partial charge in [-0.3, -0.25) is 4.79 Å². The number of likely N-dealkylation sites (N-methyl/N-ethyl adjacent to an activating group) is 1. The van der Waals surface area contributed by atoms with Crippen LogP contribution < -0.4 is 14.2 Å². The second-order valence-corrected chi connectivity index (χ2v) is 9.51. The fourth-order valence-electron chi connectivity index (χ4n) is 3.93. The van der Waals surface area contributed by atoms with Gasteiger partial charge in [-0.05, 0) is 42.7 Å². The summed E-state index contributed by atoms with van der Waals surface area (Å²) in [5.41, 5.74) is 0.941. The van der Waals surface area contributed by atoms with Crippen molar-refractivity contribution in [2.24, 2.45) is 0 Å². The van der Waals surface area contributed by atoms with E-state index in [0.717, 1.165) is 11.3 Å². The minimum Gasteiger partial charge on any atom is -0.497 e. The molecule has 2 heterocycles. The molecule has 1 fully saturated rings. The van der Waals surface area contributed by atoms with E-state index in [4.69, 9.17) is 14.2 Å². The Bertz CT molecular complexity index is 1050. The van der Waals surface area contributed by atoms with Gasteiger partial charge in [0.2, 0.25) is 15.9 Å². The number of hydrogen-bond donors (Lipinski definition) is 0. The number of nitrogens with zero attached hydrogens (tertiary/aromatic N) is 2. The molecule has 0 N–H and O–H groups in total. The molecule has 1 atom stereocenters. The predicted octanol–water partition coefficient (Wildman–Crippen LogP) is 2.28. The Morgan fingerprint density at radius 3 is 2.55 bits per heavy atom. The molecule has 2 aromatic carbocycles. The molecular weight excluding hydrogens is 420 g/mol. The van der Waals surface area contributed by atoms with Crippen LogP contribution in [0.5, 0.6) is 17.2 Å². The lowest BCUT2D eigenvalue weighted by Crippen LogP contribution is -2.46. The minimum atomic E-state index is -3.85. The molecule has 0 spiro atoms. The first-order chi connectivity index (χ1) is 14.9. The number of ether oxygens (including phenoxy) is 3. The number of hydrogen-bond acceptors (Lipinski definition) is 6. The maximum absolute atomic E-state index is 13.3. The fourth-order valence-corrected chi connectivity index (χ4v) is 5.60. The molecule has 31 heavy (non-hydrogen) atoms. The number of methoxy groups -OCH3 is 1. The zero-order valence-electron chi connectivity index (χ0n) is 17.6. The van der Waals surface area contributed by atoms with E-state index in [-0.39, 0.29) is 10.8 Å². The minimum absolute atomic E-state index is 0.106. The van der Waals surface area contributed by atoms with Crippen LogP contribution in [0.1, 0.15) is 18.4 Å². The van der Waals surface area contributed by atoms with Gasteiger partial charge in [-0.2, -0.15) is 4.31 Å². The number of fused-ring (bicyclic) bond motifs is 1. The van der Waals surface area contributed by atoms with Gasteiger partial charge in [0.1, 0.15) is 25.0 Å². The maximum atomic E-state index is 13.3. The monoisotopic (exact) mass is 446 g/mol. The summed E-state index contributed by atoms with van der Waals surface area (Å²) >= 11 is 0. The normalized spacial score (nSPS) is 18.6. The van der Waals surface area contributed by atoms with Gasteiger partial charge in [-0.1, -0.05) is 12.1 Å². The number of sulfonamides is 1. The number of carbonyl (C=O) groups is 1. The van der Waals surface area contributed by atoms with Gasteiger partial charge in [0.05, 0.1) is 12.0 Å². The van der Waals surface area contributed by atoms with Crippen molar-refractivity contribution in [2.75, 3.05) is 33.9 Å². The predicted molar refractivity (Wildman–Crippen MR) is 114 cm³/mol. The Morgan fingerprint density at radius 1 is 1.13 bits per heavy atom. The lowest BCUT2D eigenvalue weighted by molar-refractivity contribution is -0.133. The van der Waals surface area contributed by atoms with Gasteiger partial charge in [0.15, 0.2) is 11.5 Å². The highest BCUT2D eigenvalue weighted by Gasteiger charge is 2.41. The van der Waals surface area contributed by atoms with E-state index in [9.17, 15) is 13.2 Å². The molecule has 0 aromatic heterocycles. The largest absolute Gasteiger partial charge is 0.497 e. The first kappa shape index (κ1) is 21.5. The molecule has 0 saturated carbocycles. The summed E-state index contributed by atoms with van der Waals surface area (Å²) in [6.07, 6.45) is 1.13.